The number of carbonyl (C=O) groups excluding carboxylic acids is 2. The fourth-order valence-corrected chi connectivity index (χ4v) is 8.21. The molecule has 3 rings (SSSR count). The van der Waals surface area contributed by atoms with Gasteiger partial charge in [0.1, 0.15) is 0 Å². The molecule has 0 aliphatic carbocycles. The maximum Gasteiger partial charge on any atom is 0.358 e. The highest BCUT2D eigenvalue weighted by Crippen LogP contribution is 2.49. The molecular weight excluding hydrogens is 533 g/mol. The molecule has 0 bridgehead atoms. The molecule has 0 unspecified atom stereocenters. The maximum absolute atomic E-state index is 13.3. The average Bonchev–Trinajstić information content (AvgIpc) is 2.72. The van der Waals surface area contributed by atoms with Gasteiger partial charge in [0.15, 0.2) is 11.6 Å². The van der Waals surface area contributed by atoms with Gasteiger partial charge in [0, 0.05) is 21.9 Å². The number of benzene rings is 3. The number of Topliss-reactive ketones (excluding diaryl/α,β-unsaturated/α-hetero) is 2. The molecule has 3 aromatic rings. The maximum atomic E-state index is 13.3. The SMILES string of the molecule is C=C(C)C(=O)c1c(P(=O)(O)O)c(P(=O)(O)O)c(P(=O)(O)O)c2cc3ccccc3c(C(=O)C(=C)C)c12. The van der Waals surface area contributed by atoms with Crippen LogP contribution in [0.4, 0.5) is 0 Å². The number of hydrogen-bond acceptors (Lipinski definition) is 5. The Morgan fingerprint density at radius 3 is 1.56 bits per heavy atom. The highest BCUT2D eigenvalue weighted by Gasteiger charge is 2.45. The molecule has 11 nitrogen and oxygen atoms in total. The highest BCUT2D eigenvalue weighted by atomic mass is 31.2. The van der Waals surface area contributed by atoms with Crippen molar-refractivity contribution in [1.82, 2.24) is 0 Å². The van der Waals surface area contributed by atoms with Gasteiger partial charge in [-0.15, -0.1) is 0 Å². The zero-order valence-corrected chi connectivity index (χ0v) is 21.6. The fraction of sp³-hybridized carbons (Fsp3) is 0.0909. The lowest BCUT2D eigenvalue weighted by Gasteiger charge is -2.25. The summed E-state index contributed by atoms with van der Waals surface area (Å²) in [4.78, 5) is 87.5. The van der Waals surface area contributed by atoms with Gasteiger partial charge < -0.3 is 29.4 Å². The van der Waals surface area contributed by atoms with Crippen LogP contribution in [0, 0.1) is 0 Å². The van der Waals surface area contributed by atoms with Crippen LogP contribution in [0.3, 0.4) is 0 Å². The Morgan fingerprint density at radius 1 is 0.667 bits per heavy atom. The molecule has 36 heavy (non-hydrogen) atoms. The third-order valence-corrected chi connectivity index (χ3v) is 8.80. The molecule has 0 amide bonds. The zero-order chi connectivity index (χ0) is 27.5. The lowest BCUT2D eigenvalue weighted by Crippen LogP contribution is -2.41. The third kappa shape index (κ3) is 4.74. The molecule has 0 saturated heterocycles. The number of rotatable bonds is 7. The molecule has 0 fully saturated rings. The normalized spacial score (nSPS) is 12.7. The zero-order valence-electron chi connectivity index (χ0n) is 18.9. The Kier molecular flexibility index (Phi) is 7.07. The fourth-order valence-electron chi connectivity index (χ4n) is 4.01. The monoisotopic (exact) mass is 554 g/mol. The van der Waals surface area contributed by atoms with E-state index in [1.807, 2.05) is 0 Å². The summed E-state index contributed by atoms with van der Waals surface area (Å²) in [6, 6.07) is 7.01. The first kappa shape index (κ1) is 28.0. The number of carbonyl (C=O) groups is 2. The van der Waals surface area contributed by atoms with Crippen LogP contribution < -0.4 is 15.9 Å². The summed E-state index contributed by atoms with van der Waals surface area (Å²) in [6.07, 6.45) is 0. The standard InChI is InChI=1S/C22H21O11P3/c1-10(2)18(23)16-13-8-6-5-7-12(13)9-14-15(16)17(19(24)11(3)4)21(35(28,29)30)22(36(31,32)33)20(14)34(25,26)27/h5-9H,1,3H2,2,4H3,(H2,25,26,27)(H2,28,29,30)(H2,31,32,33). The predicted octanol–water partition coefficient (Wildman–Crippen LogP) is 1.92. The Morgan fingerprint density at radius 2 is 1.11 bits per heavy atom. The van der Waals surface area contributed by atoms with Crippen molar-refractivity contribution in [2.45, 2.75) is 13.8 Å². The Bertz CT molecular complexity index is 1670. The van der Waals surface area contributed by atoms with Crippen LogP contribution in [-0.2, 0) is 13.7 Å². The average molecular weight is 554 g/mol. The summed E-state index contributed by atoms with van der Waals surface area (Å²) < 4.78 is 37.9. The second kappa shape index (κ2) is 9.08. The van der Waals surface area contributed by atoms with Gasteiger partial charge >= 0.3 is 22.8 Å². The Hall–Kier alpha value is -2.55. The number of allylic oxidation sites excluding steroid dienone is 2. The van der Waals surface area contributed by atoms with Crippen molar-refractivity contribution >= 4 is 71.8 Å². The lowest BCUT2D eigenvalue weighted by atomic mass is 9.87. The van der Waals surface area contributed by atoms with Crippen molar-refractivity contribution in [2.24, 2.45) is 0 Å². The quantitative estimate of drug-likeness (QED) is 0.108. The smallest absolute Gasteiger partial charge is 0.321 e. The first-order valence-electron chi connectivity index (χ1n) is 9.94. The van der Waals surface area contributed by atoms with Crippen molar-refractivity contribution in [3.8, 4) is 0 Å². The summed E-state index contributed by atoms with van der Waals surface area (Å²) in [5, 5.41) is -5.55. The van der Waals surface area contributed by atoms with Crippen LogP contribution in [-0.4, -0.2) is 40.9 Å². The van der Waals surface area contributed by atoms with E-state index in [-0.39, 0.29) is 27.5 Å². The van der Waals surface area contributed by atoms with Gasteiger partial charge in [0.25, 0.3) is 0 Å². The van der Waals surface area contributed by atoms with E-state index in [2.05, 4.69) is 13.2 Å². The third-order valence-electron chi connectivity index (χ3n) is 5.34. The van der Waals surface area contributed by atoms with Crippen LogP contribution >= 0.6 is 22.8 Å². The number of fused-ring (bicyclic) bond motifs is 2. The molecule has 190 valence electrons. The van der Waals surface area contributed by atoms with Crippen molar-refractivity contribution in [3.63, 3.8) is 0 Å². The van der Waals surface area contributed by atoms with E-state index in [4.69, 9.17) is 0 Å². The van der Waals surface area contributed by atoms with E-state index in [9.17, 15) is 52.6 Å². The Balaban J connectivity index is 3.04. The number of ketones is 2. The van der Waals surface area contributed by atoms with Gasteiger partial charge in [-0.05, 0) is 41.8 Å². The van der Waals surface area contributed by atoms with Gasteiger partial charge in [-0.3, -0.25) is 23.3 Å². The van der Waals surface area contributed by atoms with Crippen LogP contribution in [0.2, 0.25) is 0 Å². The summed E-state index contributed by atoms with van der Waals surface area (Å²) in [7, 11) is -17.4. The molecule has 3 aromatic carbocycles. The molecule has 0 heterocycles. The second-order valence-electron chi connectivity index (χ2n) is 8.17. The van der Waals surface area contributed by atoms with E-state index in [0.717, 1.165) is 13.0 Å². The van der Waals surface area contributed by atoms with E-state index < -0.39 is 66.6 Å². The predicted molar refractivity (Wildman–Crippen MR) is 135 cm³/mol. The molecular formula is C22H21O11P3. The minimum atomic E-state index is -5.87. The second-order valence-corrected chi connectivity index (χ2v) is 12.8. The van der Waals surface area contributed by atoms with Crippen molar-refractivity contribution in [2.75, 3.05) is 0 Å². The van der Waals surface area contributed by atoms with Crippen LogP contribution in [0.5, 0.6) is 0 Å². The molecule has 0 aliphatic rings. The first-order valence-corrected chi connectivity index (χ1v) is 14.8. The van der Waals surface area contributed by atoms with E-state index in [0.29, 0.717) is 0 Å². The van der Waals surface area contributed by atoms with Crippen LogP contribution in [0.25, 0.3) is 21.5 Å². The molecule has 0 spiro atoms. The van der Waals surface area contributed by atoms with Crippen molar-refractivity contribution < 1.29 is 52.6 Å². The molecule has 0 aliphatic heterocycles. The molecule has 0 atom stereocenters. The Labute approximate surface area is 204 Å². The summed E-state index contributed by atoms with van der Waals surface area (Å²) in [6.45, 7) is 9.49. The first-order chi connectivity index (χ1) is 16.3. The summed E-state index contributed by atoms with van der Waals surface area (Å²) in [5.74, 6) is -2.03. The van der Waals surface area contributed by atoms with Gasteiger partial charge in [-0.25, -0.2) is 0 Å². The largest absolute Gasteiger partial charge is 0.358 e. The van der Waals surface area contributed by atoms with Crippen LogP contribution in [0.15, 0.2) is 54.6 Å². The topological polar surface area (TPSA) is 207 Å². The molecule has 0 radical (unpaired) electrons. The van der Waals surface area contributed by atoms with E-state index in [1.165, 1.54) is 31.2 Å². The summed E-state index contributed by atoms with van der Waals surface area (Å²) >= 11 is 0. The van der Waals surface area contributed by atoms with Crippen LogP contribution in [0.1, 0.15) is 34.6 Å². The van der Waals surface area contributed by atoms with Crippen molar-refractivity contribution in [1.29, 1.82) is 0 Å². The van der Waals surface area contributed by atoms with Crippen molar-refractivity contribution in [3.05, 3.63) is 65.8 Å². The summed E-state index contributed by atoms with van der Waals surface area (Å²) in [5.41, 5.74) is -1.78. The van der Waals surface area contributed by atoms with Gasteiger partial charge in [-0.1, -0.05) is 37.4 Å². The molecule has 0 aromatic heterocycles. The van der Waals surface area contributed by atoms with Gasteiger partial charge in [0.2, 0.25) is 0 Å². The van der Waals surface area contributed by atoms with Gasteiger partial charge in [-0.2, -0.15) is 0 Å². The molecule has 0 saturated carbocycles. The van der Waals surface area contributed by atoms with E-state index >= 15 is 0 Å². The van der Waals surface area contributed by atoms with Gasteiger partial charge in [0.05, 0.1) is 15.9 Å². The molecule has 14 heteroatoms. The molecule has 6 N–H and O–H groups in total. The van der Waals surface area contributed by atoms with E-state index in [1.54, 1.807) is 0 Å². The highest BCUT2D eigenvalue weighted by molar-refractivity contribution is 7.71. The minimum absolute atomic E-state index is 0.0871. The minimum Gasteiger partial charge on any atom is -0.321 e. The lowest BCUT2D eigenvalue weighted by molar-refractivity contribution is 0.103. The number of hydrogen-bond donors (Lipinski definition) is 6.